The van der Waals surface area contributed by atoms with Gasteiger partial charge in [-0.25, -0.2) is 16.8 Å². The van der Waals surface area contributed by atoms with Crippen LogP contribution >= 0.6 is 23.2 Å². The van der Waals surface area contributed by atoms with Crippen molar-refractivity contribution < 1.29 is 21.6 Å². The number of halogens is 2. The van der Waals surface area contributed by atoms with Crippen molar-refractivity contribution >= 4 is 66.2 Å². The van der Waals surface area contributed by atoms with Gasteiger partial charge in [0, 0.05) is 18.7 Å². The largest absolute Gasteiger partial charge is 0.326 e. The molecule has 3 rings (SSSR count). The molecule has 0 aliphatic rings. The average molecular weight is 556 g/mol. The van der Waals surface area contributed by atoms with Crippen LogP contribution in [0.2, 0.25) is 10.0 Å². The molecule has 0 heterocycles. The van der Waals surface area contributed by atoms with Crippen molar-refractivity contribution in [2.45, 2.75) is 17.7 Å². The van der Waals surface area contributed by atoms with E-state index in [0.29, 0.717) is 17.8 Å². The van der Waals surface area contributed by atoms with E-state index in [2.05, 4.69) is 10.0 Å². The van der Waals surface area contributed by atoms with E-state index >= 15 is 0 Å². The summed E-state index contributed by atoms with van der Waals surface area (Å²) in [5.74, 6) is -0.328. The third-order valence-electron chi connectivity index (χ3n) is 4.85. The fourth-order valence-electron chi connectivity index (χ4n) is 3.19. The highest BCUT2D eigenvalue weighted by Crippen LogP contribution is 2.31. The van der Waals surface area contributed by atoms with Crippen molar-refractivity contribution in [2.24, 2.45) is 0 Å². The summed E-state index contributed by atoms with van der Waals surface area (Å²) >= 11 is 12.0. The summed E-state index contributed by atoms with van der Waals surface area (Å²) in [6.45, 7) is 0.144. The van der Waals surface area contributed by atoms with Gasteiger partial charge in [-0.1, -0.05) is 47.5 Å². The summed E-state index contributed by atoms with van der Waals surface area (Å²) in [5, 5.41) is 2.98. The minimum Gasteiger partial charge on any atom is -0.326 e. The SMILES string of the molecule is CS(=O)(=O)N(CCCC(=O)Nc1ccc(S(=O)(=O)Nc2cccc(Cl)c2Cl)cc1)c1ccccc1. The summed E-state index contributed by atoms with van der Waals surface area (Å²) < 4.78 is 53.2. The molecule has 1 amide bonds. The van der Waals surface area contributed by atoms with Gasteiger partial charge in [-0.3, -0.25) is 13.8 Å². The summed E-state index contributed by atoms with van der Waals surface area (Å²) in [7, 11) is -7.43. The number of nitrogens with one attached hydrogen (secondary N) is 2. The predicted octanol–water partition coefficient (Wildman–Crippen LogP) is 4.98. The second kappa shape index (κ2) is 11.3. The van der Waals surface area contributed by atoms with Gasteiger partial charge in [0.15, 0.2) is 0 Å². The van der Waals surface area contributed by atoms with Crippen LogP contribution in [0.4, 0.5) is 17.1 Å². The molecule has 3 aromatic carbocycles. The Balaban J connectivity index is 1.58. The molecule has 12 heteroatoms. The van der Waals surface area contributed by atoms with Crippen LogP contribution in [0.3, 0.4) is 0 Å². The lowest BCUT2D eigenvalue weighted by Gasteiger charge is -2.22. The average Bonchev–Trinajstić information content (AvgIpc) is 2.80. The fraction of sp³-hybridized carbons (Fsp3) is 0.174. The minimum absolute atomic E-state index is 0.0294. The van der Waals surface area contributed by atoms with E-state index in [-0.39, 0.29) is 39.5 Å². The van der Waals surface area contributed by atoms with Crippen LogP contribution in [-0.2, 0) is 24.8 Å². The number of hydrogen-bond acceptors (Lipinski definition) is 5. The highest BCUT2D eigenvalue weighted by atomic mass is 35.5. The normalized spacial score (nSPS) is 11.6. The van der Waals surface area contributed by atoms with E-state index in [0.717, 1.165) is 6.26 Å². The third kappa shape index (κ3) is 7.35. The second-order valence-corrected chi connectivity index (χ2v) is 11.9. The van der Waals surface area contributed by atoms with Crippen molar-refractivity contribution in [3.8, 4) is 0 Å². The van der Waals surface area contributed by atoms with Crippen LogP contribution in [0.1, 0.15) is 12.8 Å². The fourth-order valence-corrected chi connectivity index (χ4v) is 5.63. The molecule has 8 nitrogen and oxygen atoms in total. The van der Waals surface area contributed by atoms with Crippen LogP contribution in [0, 0.1) is 0 Å². The van der Waals surface area contributed by atoms with Gasteiger partial charge in [-0.15, -0.1) is 0 Å². The van der Waals surface area contributed by atoms with Gasteiger partial charge < -0.3 is 5.32 Å². The zero-order valence-electron chi connectivity index (χ0n) is 18.6. The van der Waals surface area contributed by atoms with E-state index in [1.165, 1.54) is 34.6 Å². The van der Waals surface area contributed by atoms with E-state index in [1.807, 2.05) is 0 Å². The number of sulfonamides is 2. The lowest BCUT2D eigenvalue weighted by molar-refractivity contribution is -0.116. The van der Waals surface area contributed by atoms with Gasteiger partial charge in [0.05, 0.1) is 32.6 Å². The number of hydrogen-bond donors (Lipinski definition) is 2. The van der Waals surface area contributed by atoms with Crippen LogP contribution < -0.4 is 14.3 Å². The maximum Gasteiger partial charge on any atom is 0.261 e. The smallest absolute Gasteiger partial charge is 0.261 e. The quantitative estimate of drug-likeness (QED) is 0.366. The first-order chi connectivity index (χ1) is 16.5. The first-order valence-corrected chi connectivity index (χ1v) is 14.5. The first kappa shape index (κ1) is 26.8. The Kier molecular flexibility index (Phi) is 8.65. The van der Waals surface area contributed by atoms with Crippen LogP contribution in [0.5, 0.6) is 0 Å². The zero-order valence-corrected chi connectivity index (χ0v) is 21.8. The summed E-state index contributed by atoms with van der Waals surface area (Å²) in [6, 6.07) is 18.8. The summed E-state index contributed by atoms with van der Waals surface area (Å²) in [4.78, 5) is 12.3. The number of benzene rings is 3. The molecular formula is C23H23Cl2N3O5S2. The molecule has 0 saturated carbocycles. The van der Waals surface area contributed by atoms with Crippen LogP contribution in [0.15, 0.2) is 77.7 Å². The van der Waals surface area contributed by atoms with Gasteiger partial charge in [0.25, 0.3) is 10.0 Å². The van der Waals surface area contributed by atoms with E-state index < -0.39 is 20.0 Å². The van der Waals surface area contributed by atoms with Crippen molar-refractivity contribution in [3.63, 3.8) is 0 Å². The van der Waals surface area contributed by atoms with Crippen molar-refractivity contribution in [1.82, 2.24) is 0 Å². The number of carbonyl (C=O) groups excluding carboxylic acids is 1. The molecule has 0 bridgehead atoms. The molecule has 0 unspecified atom stereocenters. The molecule has 2 N–H and O–H groups in total. The zero-order chi connectivity index (χ0) is 25.6. The maximum absolute atomic E-state index is 12.6. The molecule has 0 aliphatic heterocycles. The minimum atomic E-state index is -3.93. The van der Waals surface area contributed by atoms with E-state index in [4.69, 9.17) is 23.2 Å². The Hall–Kier alpha value is -2.79. The number of rotatable bonds is 10. The Morgan fingerprint density at radius 3 is 2.17 bits per heavy atom. The van der Waals surface area contributed by atoms with Gasteiger partial charge in [-0.05, 0) is 55.0 Å². The number of nitrogens with zero attached hydrogens (tertiary/aromatic N) is 1. The first-order valence-electron chi connectivity index (χ1n) is 10.4. The molecule has 0 atom stereocenters. The van der Waals surface area contributed by atoms with Crippen LogP contribution in [-0.4, -0.2) is 35.5 Å². The Morgan fingerprint density at radius 2 is 1.54 bits per heavy atom. The molecule has 0 spiro atoms. The monoisotopic (exact) mass is 555 g/mol. The molecule has 35 heavy (non-hydrogen) atoms. The molecule has 186 valence electrons. The molecule has 0 saturated heterocycles. The van der Waals surface area contributed by atoms with Crippen LogP contribution in [0.25, 0.3) is 0 Å². The lowest BCUT2D eigenvalue weighted by Crippen LogP contribution is -2.31. The number of anilines is 3. The molecular weight excluding hydrogens is 533 g/mol. The molecule has 0 radical (unpaired) electrons. The molecule has 0 fully saturated rings. The summed E-state index contributed by atoms with van der Waals surface area (Å²) in [5.41, 5.74) is 1.08. The predicted molar refractivity (Wildman–Crippen MR) is 140 cm³/mol. The molecule has 0 aromatic heterocycles. The Morgan fingerprint density at radius 1 is 0.886 bits per heavy atom. The number of carbonyl (C=O) groups is 1. The number of para-hydroxylation sites is 1. The van der Waals surface area contributed by atoms with Gasteiger partial charge in [-0.2, -0.15) is 0 Å². The Labute approximate surface area is 215 Å². The highest BCUT2D eigenvalue weighted by Gasteiger charge is 2.18. The van der Waals surface area contributed by atoms with Gasteiger partial charge in [0.2, 0.25) is 15.9 Å². The van der Waals surface area contributed by atoms with Gasteiger partial charge in [0.1, 0.15) is 0 Å². The third-order valence-corrected chi connectivity index (χ3v) is 8.25. The van der Waals surface area contributed by atoms with E-state index in [1.54, 1.807) is 42.5 Å². The standard InChI is InChI=1S/C23H23Cl2N3O5S2/c1-34(30,31)28(18-7-3-2-4-8-18)16-6-11-22(29)26-17-12-14-19(15-13-17)35(32,33)27-21-10-5-9-20(24)23(21)25/h2-5,7-10,12-15,27H,6,11,16H2,1H3,(H,26,29). The van der Waals surface area contributed by atoms with Crippen molar-refractivity contribution in [2.75, 3.05) is 27.1 Å². The topological polar surface area (TPSA) is 113 Å². The van der Waals surface area contributed by atoms with Crippen molar-refractivity contribution in [3.05, 3.63) is 82.8 Å². The Bertz CT molecular complexity index is 1400. The molecule has 0 aliphatic carbocycles. The highest BCUT2D eigenvalue weighted by molar-refractivity contribution is 7.92. The van der Waals surface area contributed by atoms with Gasteiger partial charge >= 0.3 is 0 Å². The van der Waals surface area contributed by atoms with Crippen molar-refractivity contribution in [1.29, 1.82) is 0 Å². The maximum atomic E-state index is 12.6. The second-order valence-electron chi connectivity index (χ2n) is 7.55. The lowest BCUT2D eigenvalue weighted by atomic mass is 10.2. The summed E-state index contributed by atoms with van der Waals surface area (Å²) in [6.07, 6.45) is 1.49. The van der Waals surface area contributed by atoms with E-state index in [9.17, 15) is 21.6 Å². The molecule has 3 aromatic rings. The number of amides is 1.